The van der Waals surface area contributed by atoms with E-state index in [4.69, 9.17) is 16.6 Å². The molecule has 0 amide bonds. The smallest absolute Gasteiger partial charge is 0.353 e. The number of fused-ring (bicyclic) bond motifs is 1. The van der Waals surface area contributed by atoms with E-state index in [0.29, 0.717) is 48.6 Å². The Kier molecular flexibility index (Phi) is 7.11. The zero-order chi connectivity index (χ0) is 27.0. The van der Waals surface area contributed by atoms with Gasteiger partial charge in [0.15, 0.2) is 5.65 Å². The fourth-order valence-electron chi connectivity index (χ4n) is 4.94. The number of piperazine rings is 1. The maximum Gasteiger partial charge on any atom is 0.355 e. The van der Waals surface area contributed by atoms with Crippen molar-refractivity contribution in [1.29, 1.82) is 5.26 Å². The summed E-state index contributed by atoms with van der Waals surface area (Å²) in [5.74, 6) is -0.0103. The number of nitrogens with zero attached hydrogens (tertiary/aromatic N) is 6. The molecule has 0 saturated carbocycles. The van der Waals surface area contributed by atoms with Crippen LogP contribution in [0.2, 0.25) is 5.02 Å². The number of aryl methyl sites for hydroxylation is 1. The summed E-state index contributed by atoms with van der Waals surface area (Å²) in [5, 5.41) is 13.3. The molecule has 10 heteroatoms. The molecular formula is C28H27ClFN7O. The maximum absolute atomic E-state index is 14.8. The van der Waals surface area contributed by atoms with E-state index in [1.165, 1.54) is 10.6 Å². The second-order valence-corrected chi connectivity index (χ2v) is 10.1. The number of rotatable bonds is 5. The highest BCUT2D eigenvalue weighted by Gasteiger charge is 2.27. The summed E-state index contributed by atoms with van der Waals surface area (Å²) in [7, 11) is 0. The van der Waals surface area contributed by atoms with Gasteiger partial charge < -0.3 is 10.2 Å². The van der Waals surface area contributed by atoms with Crippen LogP contribution in [-0.4, -0.2) is 45.2 Å². The van der Waals surface area contributed by atoms with E-state index in [-0.39, 0.29) is 28.2 Å². The molecule has 1 atom stereocenters. The van der Waals surface area contributed by atoms with Crippen LogP contribution in [0.5, 0.6) is 0 Å². The standard InChI is InChI=1S/C28H27ClFN7O/c1-16(2)23-25(17(3)9-11-33-23)37-27-20(14-21(29)24(34-27)19-6-4-5-7-22(19)30)26(35-28(37)38)36-13-12-32-18(15-36)8-10-31/h4-7,9,11,14,16,18,32H,8,12-13,15H2,1-3H3/t18-/m0/s1. The van der Waals surface area contributed by atoms with Crippen molar-refractivity contribution >= 4 is 28.5 Å². The lowest BCUT2D eigenvalue weighted by atomic mass is 10.0. The Bertz CT molecular complexity index is 1630. The van der Waals surface area contributed by atoms with Crippen molar-refractivity contribution in [2.24, 2.45) is 0 Å². The lowest BCUT2D eigenvalue weighted by Crippen LogP contribution is -2.51. The van der Waals surface area contributed by atoms with Crippen LogP contribution in [0.1, 0.15) is 37.4 Å². The fraction of sp³-hybridized carbons (Fsp3) is 0.321. The Morgan fingerprint density at radius 3 is 2.79 bits per heavy atom. The van der Waals surface area contributed by atoms with Crippen LogP contribution >= 0.6 is 11.6 Å². The SMILES string of the molecule is Cc1ccnc(C(C)C)c1-n1c(=O)nc(N2CCN[C@@H](CC#N)C2)c2cc(Cl)c(-c3ccccc3F)nc21. The van der Waals surface area contributed by atoms with Crippen LogP contribution in [0, 0.1) is 24.1 Å². The molecule has 1 aliphatic rings. The first kappa shape index (κ1) is 25.8. The number of nitriles is 1. The van der Waals surface area contributed by atoms with Crippen molar-refractivity contribution in [1.82, 2.24) is 24.8 Å². The Balaban J connectivity index is 1.85. The average molecular weight is 532 g/mol. The number of pyridine rings is 2. The number of benzene rings is 1. The van der Waals surface area contributed by atoms with Crippen LogP contribution < -0.4 is 15.9 Å². The van der Waals surface area contributed by atoms with Gasteiger partial charge in [0, 0.05) is 37.4 Å². The number of hydrogen-bond donors (Lipinski definition) is 1. The molecule has 194 valence electrons. The molecular weight excluding hydrogens is 505 g/mol. The third-order valence-corrected chi connectivity index (χ3v) is 7.04. The molecule has 0 unspecified atom stereocenters. The molecule has 0 bridgehead atoms. The number of anilines is 1. The van der Waals surface area contributed by atoms with Gasteiger partial charge in [-0.25, -0.2) is 18.7 Å². The van der Waals surface area contributed by atoms with E-state index in [0.717, 1.165) is 11.3 Å². The number of nitrogens with one attached hydrogen (secondary N) is 1. The first-order valence-corrected chi connectivity index (χ1v) is 12.9. The highest BCUT2D eigenvalue weighted by molar-refractivity contribution is 6.33. The van der Waals surface area contributed by atoms with E-state index in [2.05, 4.69) is 21.4 Å². The highest BCUT2D eigenvalue weighted by Crippen LogP contribution is 2.35. The topological polar surface area (TPSA) is 99.7 Å². The molecule has 8 nitrogen and oxygen atoms in total. The van der Waals surface area contributed by atoms with Gasteiger partial charge in [0.1, 0.15) is 11.6 Å². The lowest BCUT2D eigenvalue weighted by molar-refractivity contribution is 0.461. The van der Waals surface area contributed by atoms with Crippen LogP contribution in [-0.2, 0) is 0 Å². The minimum Gasteiger partial charge on any atom is -0.353 e. The van der Waals surface area contributed by atoms with Crippen LogP contribution in [0.3, 0.4) is 0 Å². The predicted molar refractivity (Wildman–Crippen MR) is 146 cm³/mol. The molecule has 0 spiro atoms. The van der Waals surface area contributed by atoms with Gasteiger partial charge in [-0.3, -0.25) is 4.98 Å². The molecule has 38 heavy (non-hydrogen) atoms. The van der Waals surface area contributed by atoms with Crippen molar-refractivity contribution < 1.29 is 4.39 Å². The van der Waals surface area contributed by atoms with E-state index >= 15 is 0 Å². The molecule has 1 aromatic carbocycles. The van der Waals surface area contributed by atoms with Crippen molar-refractivity contribution in [3.05, 3.63) is 75.2 Å². The molecule has 0 aliphatic carbocycles. The molecule has 1 saturated heterocycles. The van der Waals surface area contributed by atoms with Crippen molar-refractivity contribution in [2.45, 2.75) is 39.2 Å². The van der Waals surface area contributed by atoms with Gasteiger partial charge in [-0.15, -0.1) is 0 Å². The van der Waals surface area contributed by atoms with Gasteiger partial charge in [-0.1, -0.05) is 37.6 Å². The molecule has 1 N–H and O–H groups in total. The summed E-state index contributed by atoms with van der Waals surface area (Å²) in [6.07, 6.45) is 2.04. The second kappa shape index (κ2) is 10.5. The average Bonchev–Trinajstić information content (AvgIpc) is 2.89. The van der Waals surface area contributed by atoms with Gasteiger partial charge in [0.05, 0.1) is 40.0 Å². The zero-order valence-electron chi connectivity index (χ0n) is 21.4. The van der Waals surface area contributed by atoms with E-state index in [1.807, 2.05) is 31.7 Å². The molecule has 3 aromatic heterocycles. The Morgan fingerprint density at radius 1 is 1.26 bits per heavy atom. The van der Waals surface area contributed by atoms with E-state index in [1.54, 1.807) is 30.5 Å². The molecule has 1 aliphatic heterocycles. The van der Waals surface area contributed by atoms with Gasteiger partial charge in [-0.05, 0) is 42.7 Å². The maximum atomic E-state index is 14.8. The van der Waals surface area contributed by atoms with Gasteiger partial charge in [0.25, 0.3) is 0 Å². The monoisotopic (exact) mass is 531 g/mol. The van der Waals surface area contributed by atoms with Crippen LogP contribution in [0.15, 0.2) is 47.4 Å². The molecule has 1 fully saturated rings. The normalized spacial score (nSPS) is 15.7. The number of hydrogen-bond acceptors (Lipinski definition) is 7. The second-order valence-electron chi connectivity index (χ2n) is 9.70. The number of aromatic nitrogens is 4. The fourth-order valence-corrected chi connectivity index (χ4v) is 5.19. The Morgan fingerprint density at radius 2 is 2.05 bits per heavy atom. The van der Waals surface area contributed by atoms with Gasteiger partial charge >= 0.3 is 5.69 Å². The summed E-state index contributed by atoms with van der Waals surface area (Å²) in [5.41, 5.74) is 2.43. The third-order valence-electron chi connectivity index (χ3n) is 6.75. The molecule has 0 radical (unpaired) electrons. The van der Waals surface area contributed by atoms with E-state index in [9.17, 15) is 14.4 Å². The molecule has 4 heterocycles. The summed E-state index contributed by atoms with van der Waals surface area (Å²) in [6.45, 7) is 7.63. The van der Waals surface area contributed by atoms with Crippen LogP contribution in [0.4, 0.5) is 10.2 Å². The zero-order valence-corrected chi connectivity index (χ0v) is 22.1. The summed E-state index contributed by atoms with van der Waals surface area (Å²) >= 11 is 6.72. The third kappa shape index (κ3) is 4.62. The first-order valence-electron chi connectivity index (χ1n) is 12.5. The quantitative estimate of drug-likeness (QED) is 0.396. The molecule has 5 rings (SSSR count). The van der Waals surface area contributed by atoms with Crippen LogP contribution in [0.25, 0.3) is 28.0 Å². The van der Waals surface area contributed by atoms with Gasteiger partial charge in [-0.2, -0.15) is 10.2 Å². The Hall–Kier alpha value is -3.87. The summed E-state index contributed by atoms with van der Waals surface area (Å²) < 4.78 is 16.3. The molecule has 4 aromatic rings. The minimum absolute atomic E-state index is 0.0183. The van der Waals surface area contributed by atoms with Crippen molar-refractivity contribution in [3.63, 3.8) is 0 Å². The lowest BCUT2D eigenvalue weighted by Gasteiger charge is -2.34. The summed E-state index contributed by atoms with van der Waals surface area (Å²) in [6, 6.07) is 11.9. The minimum atomic E-state index is -0.518. The Labute approximate surface area is 224 Å². The van der Waals surface area contributed by atoms with E-state index < -0.39 is 11.5 Å². The predicted octanol–water partition coefficient (Wildman–Crippen LogP) is 4.76. The number of halogens is 2. The van der Waals surface area contributed by atoms with Crippen molar-refractivity contribution in [3.8, 4) is 23.0 Å². The summed E-state index contributed by atoms with van der Waals surface area (Å²) in [4.78, 5) is 29.7. The van der Waals surface area contributed by atoms with Gasteiger partial charge in [0.2, 0.25) is 0 Å². The first-order chi connectivity index (χ1) is 18.3. The highest BCUT2D eigenvalue weighted by atomic mass is 35.5. The largest absolute Gasteiger partial charge is 0.355 e. The van der Waals surface area contributed by atoms with Crippen molar-refractivity contribution in [2.75, 3.05) is 24.5 Å².